The molecule has 0 bridgehead atoms. The first kappa shape index (κ1) is 21.2. The number of carbonyl (C=O) groups is 1. The maximum absolute atomic E-state index is 12.3. The molecule has 1 unspecified atom stereocenters. The third-order valence-corrected chi connectivity index (χ3v) is 4.97. The molecular formula is C20H21N3O4S. The standard InChI is InChI=1S/C20H21N3O4S/c1-3-15-7-9-16(10-8-15)14(2)22-13-17(12-21)20(24)23-18-5-4-6-19(11-18)28(25,26)27/h4-11,13-14,22H,3H2,1-2H3,(H,23,24)(H,25,26,27)/b17-13-. The van der Waals surface area contributed by atoms with Gasteiger partial charge in [0.15, 0.2) is 0 Å². The average molecular weight is 399 g/mol. The number of nitrogens with zero attached hydrogens (tertiary/aromatic N) is 1. The Kier molecular flexibility index (Phi) is 6.93. The molecule has 0 fully saturated rings. The van der Waals surface area contributed by atoms with Gasteiger partial charge in [0.05, 0.1) is 4.90 Å². The SMILES string of the molecule is CCc1ccc(C(C)N/C=C(/C#N)C(=O)Nc2cccc(S(=O)(=O)O)c2)cc1. The van der Waals surface area contributed by atoms with Crippen molar-refractivity contribution in [3.63, 3.8) is 0 Å². The van der Waals surface area contributed by atoms with Crippen LogP contribution in [-0.2, 0) is 21.3 Å². The van der Waals surface area contributed by atoms with Gasteiger partial charge in [-0.3, -0.25) is 9.35 Å². The Morgan fingerprint density at radius 1 is 1.25 bits per heavy atom. The summed E-state index contributed by atoms with van der Waals surface area (Å²) in [5, 5.41) is 14.7. The third-order valence-electron chi connectivity index (χ3n) is 4.12. The van der Waals surface area contributed by atoms with Gasteiger partial charge in [0.25, 0.3) is 16.0 Å². The third kappa shape index (κ3) is 5.67. The zero-order chi connectivity index (χ0) is 20.7. The lowest BCUT2D eigenvalue weighted by molar-refractivity contribution is -0.112. The minimum Gasteiger partial charge on any atom is -0.383 e. The topological polar surface area (TPSA) is 119 Å². The Labute approximate surface area is 164 Å². The minimum atomic E-state index is -4.39. The molecule has 2 rings (SSSR count). The maximum Gasteiger partial charge on any atom is 0.294 e. The van der Waals surface area contributed by atoms with Gasteiger partial charge >= 0.3 is 0 Å². The van der Waals surface area contributed by atoms with E-state index in [-0.39, 0.29) is 22.2 Å². The van der Waals surface area contributed by atoms with Crippen LogP contribution in [0.4, 0.5) is 5.69 Å². The normalized spacial score (nSPS) is 12.7. The van der Waals surface area contributed by atoms with E-state index in [0.717, 1.165) is 18.1 Å². The van der Waals surface area contributed by atoms with Crippen molar-refractivity contribution in [2.45, 2.75) is 31.2 Å². The highest BCUT2D eigenvalue weighted by molar-refractivity contribution is 7.85. The molecule has 0 saturated heterocycles. The largest absolute Gasteiger partial charge is 0.383 e. The lowest BCUT2D eigenvalue weighted by atomic mass is 10.1. The Balaban J connectivity index is 2.09. The van der Waals surface area contributed by atoms with Crippen molar-refractivity contribution in [2.75, 3.05) is 5.32 Å². The number of benzene rings is 2. The van der Waals surface area contributed by atoms with Gasteiger partial charge in [-0.05, 0) is 42.7 Å². The van der Waals surface area contributed by atoms with Crippen molar-refractivity contribution >= 4 is 21.7 Å². The van der Waals surface area contributed by atoms with Gasteiger partial charge in [-0.15, -0.1) is 0 Å². The molecule has 7 nitrogen and oxygen atoms in total. The fourth-order valence-corrected chi connectivity index (χ4v) is 2.95. The first-order chi connectivity index (χ1) is 13.2. The van der Waals surface area contributed by atoms with Gasteiger partial charge in [0.2, 0.25) is 0 Å². The van der Waals surface area contributed by atoms with Crippen molar-refractivity contribution < 1.29 is 17.8 Å². The van der Waals surface area contributed by atoms with E-state index < -0.39 is 16.0 Å². The second kappa shape index (κ2) is 9.17. The molecule has 3 N–H and O–H groups in total. The summed E-state index contributed by atoms with van der Waals surface area (Å²) in [6, 6.07) is 14.8. The number of hydrogen-bond acceptors (Lipinski definition) is 5. The van der Waals surface area contributed by atoms with E-state index >= 15 is 0 Å². The highest BCUT2D eigenvalue weighted by Crippen LogP contribution is 2.17. The zero-order valence-electron chi connectivity index (χ0n) is 15.5. The lowest BCUT2D eigenvalue weighted by Gasteiger charge is -2.13. The van der Waals surface area contributed by atoms with E-state index in [0.29, 0.717) is 0 Å². The molecule has 2 aromatic carbocycles. The Morgan fingerprint density at radius 2 is 1.93 bits per heavy atom. The predicted molar refractivity (Wildman–Crippen MR) is 106 cm³/mol. The van der Waals surface area contributed by atoms with Crippen molar-refractivity contribution in [1.29, 1.82) is 5.26 Å². The quantitative estimate of drug-likeness (QED) is 0.374. The number of anilines is 1. The summed E-state index contributed by atoms with van der Waals surface area (Å²) < 4.78 is 31.4. The van der Waals surface area contributed by atoms with Gasteiger partial charge in [0.1, 0.15) is 11.6 Å². The summed E-state index contributed by atoms with van der Waals surface area (Å²) >= 11 is 0. The zero-order valence-corrected chi connectivity index (χ0v) is 16.3. The van der Waals surface area contributed by atoms with Crippen LogP contribution in [0, 0.1) is 11.3 Å². The molecule has 0 radical (unpaired) electrons. The van der Waals surface area contributed by atoms with Crippen LogP contribution < -0.4 is 10.6 Å². The summed E-state index contributed by atoms with van der Waals surface area (Å²) in [6.45, 7) is 3.98. The molecule has 0 saturated carbocycles. The molecule has 8 heteroatoms. The summed E-state index contributed by atoms with van der Waals surface area (Å²) in [6.07, 6.45) is 2.26. The highest BCUT2D eigenvalue weighted by atomic mass is 32.2. The fraction of sp³-hybridized carbons (Fsp3) is 0.200. The molecule has 0 aliphatic heterocycles. The number of hydrogen-bond donors (Lipinski definition) is 3. The Bertz CT molecular complexity index is 1020. The maximum atomic E-state index is 12.3. The Hall–Kier alpha value is -3.15. The summed E-state index contributed by atoms with van der Waals surface area (Å²) in [5.74, 6) is -0.698. The monoisotopic (exact) mass is 399 g/mol. The van der Waals surface area contributed by atoms with Crippen LogP contribution in [0.3, 0.4) is 0 Å². The van der Waals surface area contributed by atoms with Crippen LogP contribution in [-0.4, -0.2) is 18.9 Å². The first-order valence-electron chi connectivity index (χ1n) is 8.58. The number of rotatable bonds is 7. The van der Waals surface area contributed by atoms with E-state index in [1.807, 2.05) is 37.3 Å². The predicted octanol–water partition coefficient (Wildman–Crippen LogP) is 3.19. The van der Waals surface area contributed by atoms with Crippen LogP contribution in [0.2, 0.25) is 0 Å². The molecule has 0 heterocycles. The van der Waals surface area contributed by atoms with Crippen molar-refractivity contribution in [2.24, 2.45) is 0 Å². The van der Waals surface area contributed by atoms with Crippen molar-refractivity contribution in [3.8, 4) is 6.07 Å². The molecular weight excluding hydrogens is 378 g/mol. The number of carbonyl (C=O) groups excluding carboxylic acids is 1. The average Bonchev–Trinajstić information content (AvgIpc) is 2.68. The number of aryl methyl sites for hydroxylation is 1. The highest BCUT2D eigenvalue weighted by Gasteiger charge is 2.13. The number of nitrogens with one attached hydrogen (secondary N) is 2. The Morgan fingerprint density at radius 3 is 2.50 bits per heavy atom. The molecule has 0 spiro atoms. The van der Waals surface area contributed by atoms with Crippen LogP contribution in [0.5, 0.6) is 0 Å². The number of amides is 1. The van der Waals surface area contributed by atoms with Gasteiger partial charge in [-0.1, -0.05) is 37.3 Å². The molecule has 2 aromatic rings. The molecule has 0 aliphatic carbocycles. The van der Waals surface area contributed by atoms with Crippen LogP contribution in [0.25, 0.3) is 0 Å². The van der Waals surface area contributed by atoms with E-state index in [9.17, 15) is 18.5 Å². The second-order valence-corrected chi connectivity index (χ2v) is 7.53. The molecule has 0 aromatic heterocycles. The van der Waals surface area contributed by atoms with Crippen molar-refractivity contribution in [3.05, 3.63) is 71.4 Å². The molecule has 1 amide bonds. The molecule has 0 aliphatic rings. The number of nitriles is 1. The molecule has 1 atom stereocenters. The van der Waals surface area contributed by atoms with Gasteiger partial charge in [-0.25, -0.2) is 0 Å². The van der Waals surface area contributed by atoms with E-state index in [4.69, 9.17) is 4.55 Å². The first-order valence-corrected chi connectivity index (χ1v) is 10.0. The molecule has 146 valence electrons. The van der Waals surface area contributed by atoms with Crippen molar-refractivity contribution in [1.82, 2.24) is 5.32 Å². The van der Waals surface area contributed by atoms with E-state index in [1.54, 1.807) is 0 Å². The van der Waals surface area contributed by atoms with Crippen LogP contribution >= 0.6 is 0 Å². The summed E-state index contributed by atoms with van der Waals surface area (Å²) in [7, 11) is -4.39. The van der Waals surface area contributed by atoms with Gasteiger partial charge < -0.3 is 10.6 Å². The van der Waals surface area contributed by atoms with Gasteiger partial charge in [0, 0.05) is 17.9 Å². The molecule has 28 heavy (non-hydrogen) atoms. The van der Waals surface area contributed by atoms with Crippen LogP contribution in [0.1, 0.15) is 31.0 Å². The van der Waals surface area contributed by atoms with Gasteiger partial charge in [-0.2, -0.15) is 13.7 Å². The summed E-state index contributed by atoms with van der Waals surface area (Å²) in [5.41, 5.74) is 2.20. The lowest BCUT2D eigenvalue weighted by Crippen LogP contribution is -2.18. The smallest absolute Gasteiger partial charge is 0.294 e. The fourth-order valence-electron chi connectivity index (χ4n) is 2.43. The van der Waals surface area contributed by atoms with Crippen LogP contribution in [0.15, 0.2) is 65.2 Å². The summed E-state index contributed by atoms with van der Waals surface area (Å²) in [4.78, 5) is 11.9. The minimum absolute atomic E-state index is 0.120. The van der Waals surface area contributed by atoms with E-state index in [1.165, 1.54) is 30.0 Å². The second-order valence-electron chi connectivity index (χ2n) is 6.11. The van der Waals surface area contributed by atoms with E-state index in [2.05, 4.69) is 17.6 Å².